The first-order valence-corrected chi connectivity index (χ1v) is 7.36. The maximum Gasteiger partial charge on any atom is 0.339 e. The molecule has 0 amide bonds. The summed E-state index contributed by atoms with van der Waals surface area (Å²) >= 11 is 0. The van der Waals surface area contributed by atoms with Gasteiger partial charge in [0.2, 0.25) is 0 Å². The van der Waals surface area contributed by atoms with Gasteiger partial charge in [0, 0.05) is 12.3 Å². The van der Waals surface area contributed by atoms with Crippen molar-refractivity contribution in [1.82, 2.24) is 9.97 Å². The van der Waals surface area contributed by atoms with Crippen molar-refractivity contribution in [1.29, 1.82) is 0 Å². The number of esters is 1. The first kappa shape index (κ1) is 15.0. The Hall–Kier alpha value is -2.95. The van der Waals surface area contributed by atoms with Crippen molar-refractivity contribution in [2.75, 3.05) is 6.61 Å². The molecular formula is C18H16N2O3. The van der Waals surface area contributed by atoms with Crippen molar-refractivity contribution >= 4 is 17.0 Å². The quantitative estimate of drug-likeness (QED) is 0.676. The zero-order valence-electron chi connectivity index (χ0n) is 12.7. The van der Waals surface area contributed by atoms with Crippen LogP contribution >= 0.6 is 0 Å². The number of rotatable bonds is 5. The van der Waals surface area contributed by atoms with Gasteiger partial charge in [-0.25, -0.2) is 4.79 Å². The Morgan fingerprint density at radius 3 is 2.57 bits per heavy atom. The number of aromatic nitrogens is 2. The zero-order chi connectivity index (χ0) is 16.1. The van der Waals surface area contributed by atoms with Crippen LogP contribution in [0.2, 0.25) is 0 Å². The molecule has 0 spiro atoms. The van der Waals surface area contributed by atoms with E-state index >= 15 is 0 Å². The highest BCUT2D eigenvalue weighted by molar-refractivity contribution is 5.92. The highest BCUT2D eigenvalue weighted by atomic mass is 16.5. The van der Waals surface area contributed by atoms with Crippen molar-refractivity contribution in [3.8, 4) is 5.75 Å². The summed E-state index contributed by atoms with van der Waals surface area (Å²) in [7, 11) is 0. The molecule has 0 fully saturated rings. The van der Waals surface area contributed by atoms with Gasteiger partial charge in [-0.05, 0) is 18.6 Å². The maximum atomic E-state index is 11.7. The third-order valence-corrected chi connectivity index (χ3v) is 3.27. The predicted molar refractivity (Wildman–Crippen MR) is 86.3 cm³/mol. The van der Waals surface area contributed by atoms with E-state index in [-0.39, 0.29) is 0 Å². The van der Waals surface area contributed by atoms with Crippen LogP contribution in [-0.2, 0) is 11.3 Å². The van der Waals surface area contributed by atoms with E-state index < -0.39 is 5.97 Å². The number of carbonyl (C=O) groups is 1. The van der Waals surface area contributed by atoms with Gasteiger partial charge in [-0.3, -0.25) is 9.97 Å². The lowest BCUT2D eigenvalue weighted by Gasteiger charge is -2.07. The molecule has 5 heteroatoms. The van der Waals surface area contributed by atoms with Crippen molar-refractivity contribution < 1.29 is 14.3 Å². The molecule has 0 radical (unpaired) electrons. The molecule has 0 aliphatic carbocycles. The predicted octanol–water partition coefficient (Wildman–Crippen LogP) is 3.39. The Morgan fingerprint density at radius 2 is 1.78 bits per heavy atom. The van der Waals surface area contributed by atoms with Crippen LogP contribution in [0, 0.1) is 0 Å². The van der Waals surface area contributed by atoms with E-state index in [1.807, 2.05) is 30.3 Å². The average Bonchev–Trinajstić information content (AvgIpc) is 2.60. The number of hydrogen-bond donors (Lipinski definition) is 0. The number of ether oxygens (including phenoxy) is 2. The van der Waals surface area contributed by atoms with Gasteiger partial charge in [0.25, 0.3) is 0 Å². The molecule has 3 rings (SSSR count). The van der Waals surface area contributed by atoms with E-state index in [1.165, 1.54) is 6.20 Å². The molecule has 5 nitrogen and oxygen atoms in total. The Labute approximate surface area is 133 Å². The van der Waals surface area contributed by atoms with Gasteiger partial charge in [0.05, 0.1) is 29.4 Å². The van der Waals surface area contributed by atoms with Crippen LogP contribution in [0.1, 0.15) is 22.8 Å². The lowest BCUT2D eigenvalue weighted by molar-refractivity contribution is 0.0526. The Balaban J connectivity index is 1.77. The highest BCUT2D eigenvalue weighted by Crippen LogP contribution is 2.19. The van der Waals surface area contributed by atoms with Crippen molar-refractivity contribution in [2.45, 2.75) is 13.5 Å². The van der Waals surface area contributed by atoms with Crippen LogP contribution < -0.4 is 4.74 Å². The van der Waals surface area contributed by atoms with E-state index in [0.29, 0.717) is 35.6 Å². The molecule has 0 saturated heterocycles. The molecular weight excluding hydrogens is 292 g/mol. The van der Waals surface area contributed by atoms with Crippen molar-refractivity contribution in [2.24, 2.45) is 0 Å². The van der Waals surface area contributed by atoms with Gasteiger partial charge in [-0.2, -0.15) is 0 Å². The lowest BCUT2D eigenvalue weighted by atomic mass is 10.2. The minimum absolute atomic E-state index is 0.330. The first-order valence-electron chi connectivity index (χ1n) is 7.36. The lowest BCUT2D eigenvalue weighted by Crippen LogP contribution is -2.05. The fourth-order valence-corrected chi connectivity index (χ4v) is 2.13. The molecule has 0 aliphatic heterocycles. The van der Waals surface area contributed by atoms with Crippen LogP contribution in [0.4, 0.5) is 0 Å². The number of benzene rings is 1. The highest BCUT2D eigenvalue weighted by Gasteiger charge is 2.09. The van der Waals surface area contributed by atoms with E-state index in [2.05, 4.69) is 9.97 Å². The third kappa shape index (κ3) is 3.63. The van der Waals surface area contributed by atoms with Crippen LogP contribution in [0.3, 0.4) is 0 Å². The molecule has 116 valence electrons. The topological polar surface area (TPSA) is 61.3 Å². The molecule has 0 atom stereocenters. The van der Waals surface area contributed by atoms with Crippen LogP contribution in [-0.4, -0.2) is 22.5 Å². The Bertz CT molecular complexity index is 819. The maximum absolute atomic E-state index is 11.7. The summed E-state index contributed by atoms with van der Waals surface area (Å²) in [4.78, 5) is 20.3. The van der Waals surface area contributed by atoms with Crippen molar-refractivity contribution in [3.05, 3.63) is 66.0 Å². The molecule has 2 heterocycles. The van der Waals surface area contributed by atoms with Crippen molar-refractivity contribution in [3.63, 3.8) is 0 Å². The fourth-order valence-electron chi connectivity index (χ4n) is 2.13. The van der Waals surface area contributed by atoms with Gasteiger partial charge in [0.15, 0.2) is 0 Å². The Kier molecular flexibility index (Phi) is 4.47. The van der Waals surface area contributed by atoms with Gasteiger partial charge in [-0.15, -0.1) is 0 Å². The molecule has 1 aromatic carbocycles. The SMILES string of the molecule is CCOC(=O)c1cnc2cc(OCc3ccccc3)cnc2c1. The second-order valence-corrected chi connectivity index (χ2v) is 4.93. The summed E-state index contributed by atoms with van der Waals surface area (Å²) in [5.41, 5.74) is 2.77. The molecule has 0 saturated carbocycles. The van der Waals surface area contributed by atoms with Gasteiger partial charge >= 0.3 is 5.97 Å². The second-order valence-electron chi connectivity index (χ2n) is 4.93. The van der Waals surface area contributed by atoms with E-state index in [0.717, 1.165) is 5.56 Å². The summed E-state index contributed by atoms with van der Waals surface area (Å²) in [6.07, 6.45) is 3.12. The summed E-state index contributed by atoms with van der Waals surface area (Å²) in [6, 6.07) is 13.4. The summed E-state index contributed by atoms with van der Waals surface area (Å²) < 4.78 is 10.7. The zero-order valence-corrected chi connectivity index (χ0v) is 12.7. The molecule has 23 heavy (non-hydrogen) atoms. The second kappa shape index (κ2) is 6.87. The largest absolute Gasteiger partial charge is 0.487 e. The monoisotopic (exact) mass is 308 g/mol. The van der Waals surface area contributed by atoms with Crippen LogP contribution in [0.15, 0.2) is 54.9 Å². The minimum Gasteiger partial charge on any atom is -0.487 e. The number of pyridine rings is 2. The number of fused-ring (bicyclic) bond motifs is 1. The summed E-state index contributed by atoms with van der Waals surface area (Å²) in [5.74, 6) is 0.242. The van der Waals surface area contributed by atoms with Crippen LogP contribution in [0.5, 0.6) is 5.75 Å². The third-order valence-electron chi connectivity index (χ3n) is 3.27. The number of nitrogens with zero attached hydrogens (tertiary/aromatic N) is 2. The van der Waals surface area contributed by atoms with Gasteiger partial charge in [-0.1, -0.05) is 30.3 Å². The minimum atomic E-state index is -0.395. The van der Waals surface area contributed by atoms with E-state index in [1.54, 1.807) is 25.3 Å². The molecule has 3 aromatic rings. The van der Waals surface area contributed by atoms with Gasteiger partial charge in [0.1, 0.15) is 12.4 Å². The molecule has 0 aliphatic rings. The molecule has 2 aromatic heterocycles. The normalized spacial score (nSPS) is 10.5. The average molecular weight is 308 g/mol. The first-order chi connectivity index (χ1) is 11.3. The Morgan fingerprint density at radius 1 is 1.04 bits per heavy atom. The summed E-state index contributed by atoms with van der Waals surface area (Å²) in [5, 5.41) is 0. The van der Waals surface area contributed by atoms with Gasteiger partial charge < -0.3 is 9.47 Å². The molecule has 0 bridgehead atoms. The number of hydrogen-bond acceptors (Lipinski definition) is 5. The fraction of sp³-hybridized carbons (Fsp3) is 0.167. The van der Waals surface area contributed by atoms with E-state index in [4.69, 9.17) is 9.47 Å². The number of carbonyl (C=O) groups excluding carboxylic acids is 1. The smallest absolute Gasteiger partial charge is 0.339 e. The standard InChI is InChI=1S/C18H16N2O3/c1-2-22-18(21)14-8-16-17(19-10-14)9-15(11-20-16)23-12-13-6-4-3-5-7-13/h3-11H,2,12H2,1H3. The van der Waals surface area contributed by atoms with Crippen LogP contribution in [0.25, 0.3) is 11.0 Å². The summed E-state index contributed by atoms with van der Waals surface area (Å²) in [6.45, 7) is 2.56. The van der Waals surface area contributed by atoms with E-state index in [9.17, 15) is 4.79 Å². The molecule has 0 unspecified atom stereocenters. The molecule has 0 N–H and O–H groups in total.